The van der Waals surface area contributed by atoms with Gasteiger partial charge < -0.3 is 10.4 Å². The molecular formula is C13H18FNO2. The molecule has 0 spiro atoms. The fourth-order valence-electron chi connectivity index (χ4n) is 1.58. The lowest BCUT2D eigenvalue weighted by Crippen LogP contribution is -2.32. The normalized spacial score (nSPS) is 12.2. The number of hydrogen-bond donors (Lipinski definition) is 2. The fourth-order valence-corrected chi connectivity index (χ4v) is 1.58. The Morgan fingerprint density at radius 2 is 2.24 bits per heavy atom. The number of nitrogens with one attached hydrogen (secondary N) is 1. The fraction of sp³-hybridized carbons (Fsp3) is 0.462. The minimum Gasteiger partial charge on any atom is -0.507 e. The minimum absolute atomic E-state index is 0.0481. The van der Waals surface area contributed by atoms with Gasteiger partial charge in [-0.25, -0.2) is 4.39 Å². The Morgan fingerprint density at radius 1 is 1.53 bits per heavy atom. The van der Waals surface area contributed by atoms with Gasteiger partial charge in [0.25, 0.3) is 5.91 Å². The van der Waals surface area contributed by atoms with Crippen LogP contribution in [0.5, 0.6) is 5.75 Å². The van der Waals surface area contributed by atoms with Crippen LogP contribution >= 0.6 is 0 Å². The van der Waals surface area contributed by atoms with E-state index in [1.165, 1.54) is 6.07 Å². The third-order valence-electron chi connectivity index (χ3n) is 2.57. The van der Waals surface area contributed by atoms with E-state index in [9.17, 15) is 14.3 Å². The van der Waals surface area contributed by atoms with Crippen molar-refractivity contribution in [3.63, 3.8) is 0 Å². The van der Waals surface area contributed by atoms with Crippen molar-refractivity contribution < 1.29 is 14.3 Å². The first-order chi connectivity index (χ1) is 8.04. The van der Waals surface area contributed by atoms with E-state index >= 15 is 0 Å². The van der Waals surface area contributed by atoms with Gasteiger partial charge in [0.05, 0.1) is 5.56 Å². The second kappa shape index (κ2) is 6.23. The van der Waals surface area contributed by atoms with E-state index in [0.717, 1.165) is 31.4 Å². The SMILES string of the molecule is CCCCC(C)NC(=O)c1ccc(F)cc1O. The first-order valence-corrected chi connectivity index (χ1v) is 5.84. The molecule has 1 amide bonds. The summed E-state index contributed by atoms with van der Waals surface area (Å²) >= 11 is 0. The predicted molar refractivity (Wildman–Crippen MR) is 64.5 cm³/mol. The van der Waals surface area contributed by atoms with E-state index in [4.69, 9.17) is 0 Å². The van der Waals surface area contributed by atoms with Crippen LogP contribution in [-0.2, 0) is 0 Å². The second-order valence-electron chi connectivity index (χ2n) is 4.18. The molecule has 1 unspecified atom stereocenters. The van der Waals surface area contributed by atoms with Crippen LogP contribution in [0.25, 0.3) is 0 Å². The van der Waals surface area contributed by atoms with Crippen LogP contribution in [0.4, 0.5) is 4.39 Å². The molecule has 17 heavy (non-hydrogen) atoms. The van der Waals surface area contributed by atoms with E-state index < -0.39 is 5.82 Å². The zero-order chi connectivity index (χ0) is 12.8. The van der Waals surface area contributed by atoms with Crippen LogP contribution in [0.15, 0.2) is 18.2 Å². The van der Waals surface area contributed by atoms with Gasteiger partial charge in [-0.15, -0.1) is 0 Å². The average molecular weight is 239 g/mol. The summed E-state index contributed by atoms with van der Waals surface area (Å²) in [5.74, 6) is -1.26. The molecule has 0 aliphatic heterocycles. The van der Waals surface area contributed by atoms with Crippen molar-refractivity contribution in [3.05, 3.63) is 29.6 Å². The van der Waals surface area contributed by atoms with Gasteiger partial charge in [0.15, 0.2) is 0 Å². The van der Waals surface area contributed by atoms with Crippen molar-refractivity contribution >= 4 is 5.91 Å². The highest BCUT2D eigenvalue weighted by Gasteiger charge is 2.13. The number of hydrogen-bond acceptors (Lipinski definition) is 2. The number of halogens is 1. The molecule has 1 aromatic rings. The van der Waals surface area contributed by atoms with Gasteiger partial charge >= 0.3 is 0 Å². The summed E-state index contributed by atoms with van der Waals surface area (Å²) in [5.41, 5.74) is 0.106. The smallest absolute Gasteiger partial charge is 0.255 e. The van der Waals surface area contributed by atoms with Crippen LogP contribution in [0.1, 0.15) is 43.5 Å². The van der Waals surface area contributed by atoms with Crippen molar-refractivity contribution in [2.75, 3.05) is 0 Å². The molecule has 1 aromatic carbocycles. The van der Waals surface area contributed by atoms with Gasteiger partial charge in [-0.3, -0.25) is 4.79 Å². The van der Waals surface area contributed by atoms with Crippen LogP contribution in [0.3, 0.4) is 0 Å². The molecule has 94 valence electrons. The van der Waals surface area contributed by atoms with E-state index in [2.05, 4.69) is 12.2 Å². The summed E-state index contributed by atoms with van der Waals surface area (Å²) in [4.78, 5) is 11.8. The molecule has 2 N–H and O–H groups in total. The largest absolute Gasteiger partial charge is 0.507 e. The number of unbranched alkanes of at least 4 members (excludes halogenated alkanes) is 1. The number of benzene rings is 1. The van der Waals surface area contributed by atoms with E-state index in [1.807, 2.05) is 6.92 Å². The molecule has 1 atom stereocenters. The molecule has 0 saturated carbocycles. The summed E-state index contributed by atoms with van der Waals surface area (Å²) in [7, 11) is 0. The lowest BCUT2D eigenvalue weighted by molar-refractivity contribution is 0.0935. The Labute approximate surface area is 101 Å². The number of carbonyl (C=O) groups excluding carboxylic acids is 1. The second-order valence-corrected chi connectivity index (χ2v) is 4.18. The van der Waals surface area contributed by atoms with E-state index in [1.54, 1.807) is 0 Å². The highest BCUT2D eigenvalue weighted by Crippen LogP contribution is 2.18. The van der Waals surface area contributed by atoms with Crippen molar-refractivity contribution in [3.8, 4) is 5.75 Å². The molecule has 0 radical (unpaired) electrons. The zero-order valence-electron chi connectivity index (χ0n) is 10.2. The lowest BCUT2D eigenvalue weighted by atomic mass is 10.1. The summed E-state index contributed by atoms with van der Waals surface area (Å²) < 4.78 is 12.7. The minimum atomic E-state index is -0.557. The van der Waals surface area contributed by atoms with Crippen LogP contribution < -0.4 is 5.32 Å². The topological polar surface area (TPSA) is 49.3 Å². The third kappa shape index (κ3) is 4.06. The summed E-state index contributed by atoms with van der Waals surface area (Å²) in [6, 6.07) is 3.43. The maximum absolute atomic E-state index is 12.7. The Bertz CT molecular complexity index is 393. The maximum Gasteiger partial charge on any atom is 0.255 e. The monoisotopic (exact) mass is 239 g/mol. The van der Waals surface area contributed by atoms with Gasteiger partial charge in [-0.05, 0) is 25.5 Å². The molecule has 0 saturated heterocycles. The Balaban J connectivity index is 2.63. The molecule has 3 nitrogen and oxygen atoms in total. The van der Waals surface area contributed by atoms with E-state index in [0.29, 0.717) is 0 Å². The number of phenols is 1. The number of phenolic OH excluding ortho intramolecular Hbond substituents is 1. The van der Waals surface area contributed by atoms with Crippen molar-refractivity contribution in [2.24, 2.45) is 0 Å². The summed E-state index contributed by atoms with van der Waals surface area (Å²) in [6.45, 7) is 3.99. The van der Waals surface area contributed by atoms with Crippen LogP contribution in [0.2, 0.25) is 0 Å². The summed E-state index contributed by atoms with van der Waals surface area (Å²) in [6.07, 6.45) is 3.00. The molecule has 0 bridgehead atoms. The Hall–Kier alpha value is -1.58. The first-order valence-electron chi connectivity index (χ1n) is 5.84. The number of carbonyl (C=O) groups is 1. The highest BCUT2D eigenvalue weighted by atomic mass is 19.1. The number of amides is 1. The number of aromatic hydroxyl groups is 1. The first kappa shape index (κ1) is 13.5. The van der Waals surface area contributed by atoms with Crippen LogP contribution in [0, 0.1) is 5.82 Å². The van der Waals surface area contributed by atoms with Crippen molar-refractivity contribution in [2.45, 2.75) is 39.2 Å². The van der Waals surface area contributed by atoms with Crippen molar-refractivity contribution in [1.29, 1.82) is 0 Å². The molecule has 0 aliphatic rings. The van der Waals surface area contributed by atoms with Gasteiger partial charge in [-0.1, -0.05) is 19.8 Å². The highest BCUT2D eigenvalue weighted by molar-refractivity contribution is 5.96. The summed E-state index contributed by atoms with van der Waals surface area (Å²) in [5, 5.41) is 12.2. The number of rotatable bonds is 5. The standard InChI is InChI=1S/C13H18FNO2/c1-3-4-5-9(2)15-13(17)11-7-6-10(14)8-12(11)16/h6-9,16H,3-5H2,1-2H3,(H,15,17). The lowest BCUT2D eigenvalue weighted by Gasteiger charge is -2.13. The molecule has 1 rings (SSSR count). The predicted octanol–water partition coefficient (Wildman–Crippen LogP) is 2.84. The van der Waals surface area contributed by atoms with E-state index in [-0.39, 0.29) is 23.3 Å². The molecule has 0 aromatic heterocycles. The quantitative estimate of drug-likeness (QED) is 0.830. The van der Waals surface area contributed by atoms with Crippen LogP contribution in [-0.4, -0.2) is 17.1 Å². The maximum atomic E-state index is 12.7. The van der Waals surface area contributed by atoms with Crippen molar-refractivity contribution in [1.82, 2.24) is 5.32 Å². The van der Waals surface area contributed by atoms with Gasteiger partial charge in [0.2, 0.25) is 0 Å². The molecular weight excluding hydrogens is 221 g/mol. The third-order valence-corrected chi connectivity index (χ3v) is 2.57. The zero-order valence-corrected chi connectivity index (χ0v) is 10.2. The molecule has 0 fully saturated rings. The molecule has 0 aliphatic carbocycles. The Kier molecular flexibility index (Phi) is 4.94. The molecule has 0 heterocycles. The average Bonchev–Trinajstić information content (AvgIpc) is 2.26. The molecule has 4 heteroatoms. The Morgan fingerprint density at radius 3 is 2.82 bits per heavy atom. The van der Waals surface area contributed by atoms with Gasteiger partial charge in [0.1, 0.15) is 11.6 Å². The van der Waals surface area contributed by atoms with Gasteiger partial charge in [0, 0.05) is 12.1 Å². The van der Waals surface area contributed by atoms with Gasteiger partial charge in [-0.2, -0.15) is 0 Å².